The number of nitrogens with one attached hydrogen (secondary N) is 3. The number of fused-ring (bicyclic) bond motifs is 4. The highest BCUT2D eigenvalue weighted by Gasteiger charge is 2.51. The lowest BCUT2D eigenvalue weighted by molar-refractivity contribution is -0.134. The number of hydrogen-bond acceptors (Lipinski definition) is 11. The molecule has 0 spiro atoms. The van der Waals surface area contributed by atoms with Crippen LogP contribution in [0.5, 0.6) is 5.75 Å². The number of aromatic nitrogens is 5. The summed E-state index contributed by atoms with van der Waals surface area (Å²) in [6.07, 6.45) is 4.17. The van der Waals surface area contributed by atoms with Gasteiger partial charge in [0.1, 0.15) is 17.0 Å². The number of aryl methyl sites for hydroxylation is 2. The van der Waals surface area contributed by atoms with Gasteiger partial charge in [-0.15, -0.1) is 0 Å². The average Bonchev–Trinajstić information content (AvgIpc) is 4.07. The third-order valence-electron chi connectivity index (χ3n) is 13.7. The van der Waals surface area contributed by atoms with E-state index >= 15 is 17.6 Å². The zero-order valence-corrected chi connectivity index (χ0v) is 35.5. The topological polar surface area (TPSA) is 152 Å². The quantitative estimate of drug-likeness (QED) is 0.115. The predicted molar refractivity (Wildman–Crippen MR) is 230 cm³/mol. The molecule has 63 heavy (non-hydrogen) atoms. The molecule has 2 unspecified atom stereocenters. The molecule has 2 aromatic carbocycles. The van der Waals surface area contributed by atoms with Crippen LogP contribution in [-0.2, 0) is 23.7 Å². The molecule has 4 fully saturated rings. The first-order chi connectivity index (χ1) is 30.2. The van der Waals surface area contributed by atoms with Gasteiger partial charge in [0.2, 0.25) is 23.5 Å². The van der Waals surface area contributed by atoms with Crippen molar-refractivity contribution in [1.29, 1.82) is 0 Å². The van der Waals surface area contributed by atoms with Gasteiger partial charge in [-0.25, -0.2) is 22.5 Å². The van der Waals surface area contributed by atoms with Gasteiger partial charge in [-0.1, -0.05) is 11.6 Å². The first-order valence-corrected chi connectivity index (χ1v) is 21.9. The Balaban J connectivity index is 0.784. The standard InChI is InChI=1S/C44H47ClF4N10O4/c1-56-33-7-5-25(15-28(33)37-38(42(56)62)63-21-44(48,49)39(53-37)23-3-4-23)51-40-30(45)18-50-43(54-40)59-14-11-24(32(47)20-59)19-58-12-9-22(10-13-58)27-17-34-29(16-31(27)46)36(55-57(34)2)26-6-8-35(60)52-41(26)61/h5,7,15-18,22-24,26,32,39,53H,3-4,6,8-14,19-21H2,1-2H3,(H,50,51,54)(H,52,60,61)/t24?,26?,32-,39-/m0/s1. The molecule has 14 nitrogen and oxygen atoms in total. The number of imide groups is 1. The van der Waals surface area contributed by atoms with Gasteiger partial charge < -0.3 is 29.7 Å². The Morgan fingerprint density at radius 1 is 0.984 bits per heavy atom. The molecule has 5 aromatic rings. The smallest absolute Gasteiger partial charge is 0.301 e. The van der Waals surface area contributed by atoms with Gasteiger partial charge in [-0.05, 0) is 99.3 Å². The van der Waals surface area contributed by atoms with Crippen molar-refractivity contribution in [3.63, 3.8) is 0 Å². The number of ether oxygens (including phenoxy) is 1. The fourth-order valence-electron chi connectivity index (χ4n) is 9.96. The molecule has 19 heteroatoms. The lowest BCUT2D eigenvalue weighted by atomic mass is 9.86. The van der Waals surface area contributed by atoms with Crippen molar-refractivity contribution in [3.8, 4) is 5.75 Å². The van der Waals surface area contributed by atoms with Crippen LogP contribution in [0, 0.1) is 17.7 Å². The van der Waals surface area contributed by atoms with Gasteiger partial charge in [-0.3, -0.25) is 24.4 Å². The van der Waals surface area contributed by atoms with Crippen LogP contribution in [0.25, 0.3) is 21.8 Å². The van der Waals surface area contributed by atoms with Crippen LogP contribution >= 0.6 is 11.6 Å². The van der Waals surface area contributed by atoms with Crippen molar-refractivity contribution in [2.45, 2.75) is 74.9 Å². The number of nitrogens with zero attached hydrogens (tertiary/aromatic N) is 7. The number of pyridine rings is 1. The van der Waals surface area contributed by atoms with Crippen LogP contribution < -0.4 is 31.1 Å². The van der Waals surface area contributed by atoms with Crippen LogP contribution in [0.4, 0.5) is 40.7 Å². The summed E-state index contributed by atoms with van der Waals surface area (Å²) in [4.78, 5) is 50.7. The van der Waals surface area contributed by atoms with Crippen molar-refractivity contribution in [1.82, 2.24) is 34.5 Å². The molecule has 10 rings (SSSR count). The molecule has 0 bridgehead atoms. The molecule has 3 N–H and O–H groups in total. The lowest BCUT2D eigenvalue weighted by Gasteiger charge is -2.39. The number of anilines is 4. The minimum Gasteiger partial charge on any atom is -0.480 e. The van der Waals surface area contributed by atoms with Gasteiger partial charge in [0.25, 0.3) is 5.56 Å². The largest absolute Gasteiger partial charge is 0.480 e. The molecule has 0 radical (unpaired) electrons. The molecule has 1 saturated carbocycles. The third kappa shape index (κ3) is 7.72. The second-order valence-corrected chi connectivity index (χ2v) is 18.2. The Labute approximate surface area is 364 Å². The number of rotatable bonds is 8. The third-order valence-corrected chi connectivity index (χ3v) is 13.9. The molecule has 332 valence electrons. The molecule has 3 aromatic heterocycles. The maximum absolute atomic E-state index is 16.0. The van der Waals surface area contributed by atoms with E-state index in [-0.39, 0.29) is 64.7 Å². The Morgan fingerprint density at radius 3 is 2.52 bits per heavy atom. The summed E-state index contributed by atoms with van der Waals surface area (Å²) in [7, 11) is 3.34. The van der Waals surface area contributed by atoms with Crippen LogP contribution in [0.2, 0.25) is 5.02 Å². The Hall–Kier alpha value is -5.49. The number of carbonyl (C=O) groups excluding carboxylic acids is 2. The fraction of sp³-hybridized carbons (Fsp3) is 0.500. The number of piperidine rings is 3. The van der Waals surface area contributed by atoms with E-state index in [9.17, 15) is 14.4 Å². The zero-order chi connectivity index (χ0) is 43.9. The summed E-state index contributed by atoms with van der Waals surface area (Å²) in [5.74, 6) is -4.88. The highest BCUT2D eigenvalue weighted by Crippen LogP contribution is 2.46. The van der Waals surface area contributed by atoms with E-state index in [2.05, 4.69) is 35.9 Å². The average molecular weight is 891 g/mol. The molecule has 7 heterocycles. The molecule has 1 aliphatic carbocycles. The van der Waals surface area contributed by atoms with Gasteiger partial charge in [0.05, 0.1) is 47.1 Å². The Kier molecular flexibility index (Phi) is 10.5. The molecular weight excluding hydrogens is 844 g/mol. The second kappa shape index (κ2) is 15.9. The Morgan fingerprint density at radius 2 is 1.78 bits per heavy atom. The first kappa shape index (κ1) is 41.5. The fourth-order valence-corrected chi connectivity index (χ4v) is 10.1. The van der Waals surface area contributed by atoms with Gasteiger partial charge in [-0.2, -0.15) is 10.1 Å². The molecular formula is C44H47ClF4N10O4. The van der Waals surface area contributed by atoms with Gasteiger partial charge >= 0.3 is 5.92 Å². The van der Waals surface area contributed by atoms with Crippen molar-refractivity contribution in [2.24, 2.45) is 25.9 Å². The summed E-state index contributed by atoms with van der Waals surface area (Å²) >= 11 is 6.57. The van der Waals surface area contributed by atoms with E-state index in [0.717, 1.165) is 5.52 Å². The van der Waals surface area contributed by atoms with Crippen LogP contribution in [0.1, 0.15) is 68.0 Å². The molecule has 3 saturated heterocycles. The maximum atomic E-state index is 16.0. The van der Waals surface area contributed by atoms with E-state index < -0.39 is 42.1 Å². The molecule has 4 atom stereocenters. The molecule has 2 amide bonds. The minimum absolute atomic E-state index is 0.0240. The van der Waals surface area contributed by atoms with E-state index in [1.807, 2.05) is 6.07 Å². The van der Waals surface area contributed by atoms with E-state index in [1.54, 1.807) is 41.9 Å². The maximum Gasteiger partial charge on any atom is 0.301 e. The number of carbonyl (C=O) groups is 2. The van der Waals surface area contributed by atoms with Crippen molar-refractivity contribution in [3.05, 3.63) is 69.0 Å². The monoisotopic (exact) mass is 890 g/mol. The summed E-state index contributed by atoms with van der Waals surface area (Å²) in [5.41, 5.74) is 2.58. The molecule has 4 aliphatic heterocycles. The number of halogens is 5. The van der Waals surface area contributed by atoms with Crippen molar-refractivity contribution < 1.29 is 31.9 Å². The highest BCUT2D eigenvalue weighted by molar-refractivity contribution is 6.33. The lowest BCUT2D eigenvalue weighted by Crippen LogP contribution is -2.47. The summed E-state index contributed by atoms with van der Waals surface area (Å²) in [6.45, 7) is 1.69. The minimum atomic E-state index is -3.17. The van der Waals surface area contributed by atoms with Gasteiger partial charge in [0, 0.05) is 56.0 Å². The number of amides is 2. The van der Waals surface area contributed by atoms with Crippen LogP contribution in [0.15, 0.2) is 41.3 Å². The number of alkyl halides is 3. The van der Waals surface area contributed by atoms with Crippen molar-refractivity contribution in [2.75, 3.05) is 54.9 Å². The van der Waals surface area contributed by atoms with E-state index in [1.165, 1.54) is 16.8 Å². The summed E-state index contributed by atoms with van der Waals surface area (Å²) in [5, 5.41) is 14.5. The van der Waals surface area contributed by atoms with Gasteiger partial charge in [0.15, 0.2) is 12.4 Å². The summed E-state index contributed by atoms with van der Waals surface area (Å²) in [6, 6.07) is 7.33. The second-order valence-electron chi connectivity index (χ2n) is 17.8. The molecule has 5 aliphatic rings. The first-order valence-electron chi connectivity index (χ1n) is 21.6. The highest BCUT2D eigenvalue weighted by atomic mass is 35.5. The number of hydrogen-bond donors (Lipinski definition) is 3. The van der Waals surface area contributed by atoms with E-state index in [4.69, 9.17) is 16.3 Å². The van der Waals surface area contributed by atoms with Crippen LogP contribution in [0.3, 0.4) is 0 Å². The zero-order valence-electron chi connectivity index (χ0n) is 34.8. The summed E-state index contributed by atoms with van der Waals surface area (Å²) < 4.78 is 70.6. The number of likely N-dealkylation sites (tertiary alicyclic amines) is 1. The number of benzene rings is 2. The normalized spacial score (nSPS) is 24.5. The predicted octanol–water partition coefficient (Wildman–Crippen LogP) is 6.53. The Bertz CT molecular complexity index is 2720. The van der Waals surface area contributed by atoms with E-state index in [0.29, 0.717) is 104 Å². The van der Waals surface area contributed by atoms with Crippen LogP contribution in [-0.4, -0.2) is 98.5 Å². The SMILES string of the molecule is Cn1nc(C2CCC(=O)NC2=O)c2cc(F)c(C3CCN(CC4CCN(c5ncc(Cl)c(Nc6ccc7c(c6)c6c(c(=O)n7C)OCC(F)(F)[C@H](C7CC7)N6)n5)C[C@@H]4F)CC3)cc21. The van der Waals surface area contributed by atoms with Crippen molar-refractivity contribution >= 4 is 68.4 Å².